The minimum Gasteiger partial charge on any atom is -0.545 e. The average molecular weight is 243 g/mol. The average Bonchev–Trinajstić information content (AvgIpc) is 2.26. The normalized spacial score (nSPS) is 11.3. The quantitative estimate of drug-likeness (QED) is 0.639. The first kappa shape index (κ1) is 12.6. The van der Waals surface area contributed by atoms with Crippen LogP contribution in [0.4, 0.5) is 0 Å². The van der Waals surface area contributed by atoms with Crippen LogP contribution in [0.5, 0.6) is 0 Å². The van der Waals surface area contributed by atoms with Gasteiger partial charge in [-0.3, -0.25) is 0 Å². The predicted octanol–water partition coefficient (Wildman–Crippen LogP) is -1.71. The van der Waals surface area contributed by atoms with Crippen LogP contribution in [0.3, 0.4) is 0 Å². The van der Waals surface area contributed by atoms with Crippen molar-refractivity contribution in [1.29, 1.82) is 0 Å². The molecule has 0 saturated carbocycles. The van der Waals surface area contributed by atoms with Crippen molar-refractivity contribution in [3.8, 4) is 0 Å². The van der Waals surface area contributed by atoms with Gasteiger partial charge in [0.2, 0.25) is 10.0 Å². The van der Waals surface area contributed by atoms with Crippen LogP contribution < -0.4 is 15.6 Å². The van der Waals surface area contributed by atoms with E-state index in [-0.39, 0.29) is 23.5 Å². The first-order valence-electron chi connectivity index (χ1n) is 4.48. The van der Waals surface area contributed by atoms with Crippen LogP contribution >= 0.6 is 0 Å². The summed E-state index contributed by atoms with van der Waals surface area (Å²) in [7, 11) is -3.70. The molecule has 16 heavy (non-hydrogen) atoms. The first-order chi connectivity index (χ1) is 7.47. The highest BCUT2D eigenvalue weighted by Crippen LogP contribution is 2.10. The van der Waals surface area contributed by atoms with E-state index < -0.39 is 16.0 Å². The molecule has 0 aliphatic carbocycles. The second-order valence-electron chi connectivity index (χ2n) is 3.00. The highest BCUT2D eigenvalue weighted by molar-refractivity contribution is 7.89. The Morgan fingerprint density at radius 2 is 2.12 bits per heavy atom. The lowest BCUT2D eigenvalue weighted by Gasteiger charge is -2.07. The highest BCUT2D eigenvalue weighted by Gasteiger charge is 2.13. The van der Waals surface area contributed by atoms with Gasteiger partial charge in [0.15, 0.2) is 0 Å². The molecule has 0 unspecified atom stereocenters. The SMILES string of the molecule is NCCNS(=O)(=O)c1cccc(C(=O)[O-])c1. The lowest BCUT2D eigenvalue weighted by Crippen LogP contribution is -2.29. The lowest BCUT2D eigenvalue weighted by atomic mass is 10.2. The number of aromatic carboxylic acids is 1. The molecule has 1 aromatic rings. The van der Waals surface area contributed by atoms with Gasteiger partial charge in [0, 0.05) is 13.1 Å². The number of rotatable bonds is 5. The van der Waals surface area contributed by atoms with Crippen LogP contribution in [0.25, 0.3) is 0 Å². The largest absolute Gasteiger partial charge is 0.545 e. The maximum atomic E-state index is 11.6. The molecule has 7 heteroatoms. The summed E-state index contributed by atoms with van der Waals surface area (Å²) >= 11 is 0. The number of benzene rings is 1. The van der Waals surface area contributed by atoms with Gasteiger partial charge in [-0.15, -0.1) is 0 Å². The standard InChI is InChI=1S/C9H12N2O4S/c10-4-5-11-16(14,15)8-3-1-2-7(6-8)9(12)13/h1-3,6,11H,4-5,10H2,(H,12,13)/p-1. The number of sulfonamides is 1. The van der Waals surface area contributed by atoms with Gasteiger partial charge in [0.25, 0.3) is 0 Å². The molecule has 0 atom stereocenters. The van der Waals surface area contributed by atoms with E-state index in [1.165, 1.54) is 18.2 Å². The molecule has 88 valence electrons. The van der Waals surface area contributed by atoms with Gasteiger partial charge in [0.1, 0.15) is 0 Å². The summed E-state index contributed by atoms with van der Waals surface area (Å²) in [6.07, 6.45) is 0. The summed E-state index contributed by atoms with van der Waals surface area (Å²) in [5, 5.41) is 10.5. The Labute approximate surface area is 93.1 Å². The second kappa shape index (κ2) is 5.06. The third kappa shape index (κ3) is 3.02. The monoisotopic (exact) mass is 243 g/mol. The van der Waals surface area contributed by atoms with Gasteiger partial charge in [-0.25, -0.2) is 13.1 Å². The molecule has 0 spiro atoms. The fraction of sp³-hybridized carbons (Fsp3) is 0.222. The molecule has 0 saturated heterocycles. The van der Waals surface area contributed by atoms with E-state index in [4.69, 9.17) is 5.73 Å². The van der Waals surface area contributed by atoms with Crippen LogP contribution in [-0.2, 0) is 10.0 Å². The Kier molecular flexibility index (Phi) is 3.99. The molecule has 0 amide bonds. The molecule has 0 aliphatic rings. The van der Waals surface area contributed by atoms with E-state index in [0.717, 1.165) is 6.07 Å². The summed E-state index contributed by atoms with van der Waals surface area (Å²) in [6.45, 7) is 0.261. The summed E-state index contributed by atoms with van der Waals surface area (Å²) in [5.74, 6) is -1.42. The minimum atomic E-state index is -3.70. The Balaban J connectivity index is 3.04. The molecule has 1 rings (SSSR count). The molecule has 0 aromatic heterocycles. The predicted molar refractivity (Wildman–Crippen MR) is 55.0 cm³/mol. The van der Waals surface area contributed by atoms with Crippen LogP contribution in [-0.4, -0.2) is 27.5 Å². The number of nitrogens with one attached hydrogen (secondary N) is 1. The van der Waals surface area contributed by atoms with E-state index in [2.05, 4.69) is 4.72 Å². The zero-order chi connectivity index (χ0) is 12.2. The lowest BCUT2D eigenvalue weighted by molar-refractivity contribution is -0.255. The van der Waals surface area contributed by atoms with Crippen LogP contribution in [0, 0.1) is 0 Å². The van der Waals surface area contributed by atoms with Gasteiger partial charge in [0.05, 0.1) is 10.9 Å². The molecule has 0 radical (unpaired) electrons. The Bertz CT molecular complexity index is 484. The van der Waals surface area contributed by atoms with E-state index in [1.807, 2.05) is 0 Å². The van der Waals surface area contributed by atoms with Gasteiger partial charge in [-0.05, 0) is 17.7 Å². The number of carbonyl (C=O) groups is 1. The summed E-state index contributed by atoms with van der Waals surface area (Å²) in [5.41, 5.74) is 4.98. The molecular formula is C9H11N2O4S-. The maximum Gasteiger partial charge on any atom is 0.240 e. The Hall–Kier alpha value is -1.44. The second-order valence-corrected chi connectivity index (χ2v) is 4.77. The summed E-state index contributed by atoms with van der Waals surface area (Å²) in [6, 6.07) is 4.93. The van der Waals surface area contributed by atoms with Crippen LogP contribution in [0.15, 0.2) is 29.2 Å². The minimum absolute atomic E-state index is 0.0951. The number of carboxylic acids is 1. The van der Waals surface area contributed by atoms with Crippen LogP contribution in [0.1, 0.15) is 10.4 Å². The molecule has 0 bridgehead atoms. The Morgan fingerprint density at radius 3 is 2.69 bits per heavy atom. The Morgan fingerprint density at radius 1 is 1.44 bits per heavy atom. The molecule has 0 aliphatic heterocycles. The zero-order valence-electron chi connectivity index (χ0n) is 8.34. The van der Waals surface area contributed by atoms with Crippen molar-refractivity contribution in [1.82, 2.24) is 4.72 Å². The van der Waals surface area contributed by atoms with Crippen molar-refractivity contribution in [2.45, 2.75) is 4.90 Å². The highest BCUT2D eigenvalue weighted by atomic mass is 32.2. The number of hydrogen-bond donors (Lipinski definition) is 2. The topological polar surface area (TPSA) is 112 Å². The van der Waals surface area contributed by atoms with Crippen molar-refractivity contribution in [2.75, 3.05) is 13.1 Å². The van der Waals surface area contributed by atoms with Gasteiger partial charge >= 0.3 is 0 Å². The fourth-order valence-corrected chi connectivity index (χ4v) is 2.16. The van der Waals surface area contributed by atoms with Crippen molar-refractivity contribution >= 4 is 16.0 Å². The van der Waals surface area contributed by atoms with E-state index >= 15 is 0 Å². The number of nitrogens with two attached hydrogens (primary N) is 1. The summed E-state index contributed by atoms with van der Waals surface area (Å²) in [4.78, 5) is 10.4. The molecular weight excluding hydrogens is 232 g/mol. The first-order valence-corrected chi connectivity index (χ1v) is 5.97. The molecule has 0 fully saturated rings. The third-order valence-corrected chi connectivity index (χ3v) is 3.28. The van der Waals surface area contributed by atoms with E-state index in [1.54, 1.807) is 0 Å². The smallest absolute Gasteiger partial charge is 0.240 e. The van der Waals surface area contributed by atoms with E-state index in [9.17, 15) is 18.3 Å². The van der Waals surface area contributed by atoms with E-state index in [0.29, 0.717) is 0 Å². The third-order valence-electron chi connectivity index (χ3n) is 1.82. The zero-order valence-corrected chi connectivity index (χ0v) is 9.16. The fourth-order valence-electron chi connectivity index (χ4n) is 1.07. The molecule has 1 aromatic carbocycles. The van der Waals surface area contributed by atoms with Gasteiger partial charge in [-0.1, -0.05) is 12.1 Å². The van der Waals surface area contributed by atoms with Crippen molar-refractivity contribution < 1.29 is 18.3 Å². The molecule has 6 nitrogen and oxygen atoms in total. The van der Waals surface area contributed by atoms with Gasteiger partial charge < -0.3 is 15.6 Å². The van der Waals surface area contributed by atoms with Crippen molar-refractivity contribution in [2.24, 2.45) is 5.73 Å². The number of carbonyl (C=O) groups excluding carboxylic acids is 1. The van der Waals surface area contributed by atoms with Crippen LogP contribution in [0.2, 0.25) is 0 Å². The van der Waals surface area contributed by atoms with Crippen molar-refractivity contribution in [3.05, 3.63) is 29.8 Å². The van der Waals surface area contributed by atoms with Gasteiger partial charge in [-0.2, -0.15) is 0 Å². The summed E-state index contributed by atoms with van der Waals surface area (Å²) < 4.78 is 25.4. The maximum absolute atomic E-state index is 11.6. The molecule has 3 N–H and O–H groups in total. The number of hydrogen-bond acceptors (Lipinski definition) is 5. The number of carboxylic acid groups (broad SMARTS) is 1. The van der Waals surface area contributed by atoms with Crippen molar-refractivity contribution in [3.63, 3.8) is 0 Å². The molecule has 0 heterocycles.